The summed E-state index contributed by atoms with van der Waals surface area (Å²) in [6, 6.07) is 5.41. The van der Waals surface area contributed by atoms with Gasteiger partial charge in [-0.05, 0) is 12.1 Å². The first-order valence-corrected chi connectivity index (χ1v) is 8.62. The Kier molecular flexibility index (Phi) is 5.64. The number of carbonyl (C=O) groups excluding carboxylic acids is 1. The van der Waals surface area contributed by atoms with Crippen molar-refractivity contribution in [2.24, 2.45) is 0 Å². The molecule has 25 heavy (non-hydrogen) atoms. The third-order valence-corrected chi connectivity index (χ3v) is 4.67. The third kappa shape index (κ3) is 4.78. The summed E-state index contributed by atoms with van der Waals surface area (Å²) in [6.07, 6.45) is 0.769. The van der Waals surface area contributed by atoms with Crippen LogP contribution in [-0.2, 0) is 11.2 Å². The fraction of sp³-hybridized carbons (Fsp3) is 0.400. The van der Waals surface area contributed by atoms with Crippen LogP contribution < -0.4 is 5.32 Å². The van der Waals surface area contributed by atoms with E-state index in [0.29, 0.717) is 10.7 Å². The molecular formula is C15H17N5O4S. The van der Waals surface area contributed by atoms with Crippen LogP contribution in [0.3, 0.4) is 0 Å². The largest absolute Gasteiger partial charge is 0.379 e. The molecule has 0 bridgehead atoms. The standard InChI is InChI=1S/C15H17N5O4S/c21-14(11-1-3-12(4-2-11)20(22)23)16-15-18-17-13(25-15)5-6-19-7-9-24-10-8-19/h1-4H,5-10H2,(H,16,18,21). The normalized spacial score (nSPS) is 15.0. The SMILES string of the molecule is O=C(Nc1nnc(CCN2CCOCC2)s1)c1ccc([N+](=O)[O-])cc1. The number of morpholine rings is 1. The number of aromatic nitrogens is 2. The molecule has 3 rings (SSSR count). The smallest absolute Gasteiger partial charge is 0.269 e. The van der Waals surface area contributed by atoms with Gasteiger partial charge in [-0.3, -0.25) is 25.1 Å². The number of rotatable bonds is 6. The molecule has 1 saturated heterocycles. The topological polar surface area (TPSA) is 110 Å². The summed E-state index contributed by atoms with van der Waals surface area (Å²) in [5, 5.41) is 22.6. The molecule has 132 valence electrons. The lowest BCUT2D eigenvalue weighted by molar-refractivity contribution is -0.384. The van der Waals surface area contributed by atoms with E-state index in [9.17, 15) is 14.9 Å². The highest BCUT2D eigenvalue weighted by atomic mass is 32.1. The van der Waals surface area contributed by atoms with E-state index in [1.54, 1.807) is 0 Å². The maximum Gasteiger partial charge on any atom is 0.269 e. The highest BCUT2D eigenvalue weighted by molar-refractivity contribution is 7.15. The van der Waals surface area contributed by atoms with E-state index >= 15 is 0 Å². The summed E-state index contributed by atoms with van der Waals surface area (Å²) >= 11 is 1.33. The van der Waals surface area contributed by atoms with Crippen LogP contribution in [-0.4, -0.2) is 58.8 Å². The van der Waals surface area contributed by atoms with Gasteiger partial charge < -0.3 is 4.74 Å². The van der Waals surface area contributed by atoms with Crippen LogP contribution in [0, 0.1) is 10.1 Å². The molecule has 1 aliphatic heterocycles. The average molecular weight is 363 g/mol. The minimum atomic E-state index is -0.507. The molecule has 0 aliphatic carbocycles. The molecule has 1 amide bonds. The number of hydrogen-bond acceptors (Lipinski definition) is 8. The molecular weight excluding hydrogens is 346 g/mol. The summed E-state index contributed by atoms with van der Waals surface area (Å²) < 4.78 is 5.31. The van der Waals surface area contributed by atoms with E-state index in [0.717, 1.165) is 44.3 Å². The van der Waals surface area contributed by atoms with Gasteiger partial charge >= 0.3 is 0 Å². The molecule has 1 N–H and O–H groups in total. The van der Waals surface area contributed by atoms with Crippen molar-refractivity contribution < 1.29 is 14.5 Å². The zero-order valence-electron chi connectivity index (χ0n) is 13.4. The summed E-state index contributed by atoms with van der Waals surface area (Å²) in [6.45, 7) is 4.23. The Bertz CT molecular complexity index is 743. The van der Waals surface area contributed by atoms with Gasteiger partial charge in [-0.25, -0.2) is 0 Å². The number of anilines is 1. The van der Waals surface area contributed by atoms with Crippen molar-refractivity contribution in [1.82, 2.24) is 15.1 Å². The molecule has 1 aromatic heterocycles. The van der Waals surface area contributed by atoms with Gasteiger partial charge in [0.2, 0.25) is 5.13 Å². The Morgan fingerprint density at radius 2 is 2.00 bits per heavy atom. The van der Waals surface area contributed by atoms with Crippen LogP contribution in [0.1, 0.15) is 15.4 Å². The average Bonchev–Trinajstić information content (AvgIpc) is 3.08. The highest BCUT2D eigenvalue weighted by Crippen LogP contribution is 2.18. The first-order valence-electron chi connectivity index (χ1n) is 7.80. The van der Waals surface area contributed by atoms with Gasteiger partial charge in [-0.15, -0.1) is 10.2 Å². The third-order valence-electron chi connectivity index (χ3n) is 3.77. The second-order valence-electron chi connectivity index (χ2n) is 5.46. The number of nitrogens with zero attached hydrogens (tertiary/aromatic N) is 4. The van der Waals surface area contributed by atoms with Crippen LogP contribution >= 0.6 is 11.3 Å². The van der Waals surface area contributed by atoms with Crippen LogP contribution in [0.4, 0.5) is 10.8 Å². The van der Waals surface area contributed by atoms with Gasteiger partial charge in [0.1, 0.15) is 5.01 Å². The molecule has 1 aromatic carbocycles. The Labute approximate surface area is 147 Å². The summed E-state index contributed by atoms with van der Waals surface area (Å²) in [5.41, 5.74) is 0.272. The van der Waals surface area contributed by atoms with E-state index < -0.39 is 4.92 Å². The van der Waals surface area contributed by atoms with E-state index in [2.05, 4.69) is 20.4 Å². The van der Waals surface area contributed by atoms with Crippen molar-refractivity contribution in [3.05, 3.63) is 45.0 Å². The molecule has 0 spiro atoms. The maximum absolute atomic E-state index is 12.1. The Hall–Kier alpha value is -2.43. The molecule has 2 heterocycles. The van der Waals surface area contributed by atoms with E-state index in [-0.39, 0.29) is 11.6 Å². The van der Waals surface area contributed by atoms with Gasteiger partial charge in [0.25, 0.3) is 11.6 Å². The lowest BCUT2D eigenvalue weighted by atomic mass is 10.2. The number of carbonyl (C=O) groups is 1. The van der Waals surface area contributed by atoms with Gasteiger partial charge in [0.05, 0.1) is 18.1 Å². The summed E-state index contributed by atoms with van der Waals surface area (Å²) in [4.78, 5) is 24.6. The number of ether oxygens (including phenoxy) is 1. The number of nitro groups is 1. The molecule has 0 unspecified atom stereocenters. The minimum absolute atomic E-state index is 0.0575. The van der Waals surface area contributed by atoms with Gasteiger partial charge in [0, 0.05) is 43.8 Å². The lowest BCUT2D eigenvalue weighted by Gasteiger charge is -2.25. The van der Waals surface area contributed by atoms with Crippen LogP contribution in [0.2, 0.25) is 0 Å². The van der Waals surface area contributed by atoms with Gasteiger partial charge in [0.15, 0.2) is 0 Å². The van der Waals surface area contributed by atoms with Crippen molar-refractivity contribution in [1.29, 1.82) is 0 Å². The number of hydrogen-bond donors (Lipinski definition) is 1. The summed E-state index contributed by atoms with van der Waals surface area (Å²) in [5.74, 6) is -0.370. The number of nitro benzene ring substituents is 1. The van der Waals surface area contributed by atoms with Crippen molar-refractivity contribution in [3.8, 4) is 0 Å². The molecule has 1 aliphatic rings. The maximum atomic E-state index is 12.1. The van der Waals surface area contributed by atoms with Crippen molar-refractivity contribution in [3.63, 3.8) is 0 Å². The second-order valence-corrected chi connectivity index (χ2v) is 6.53. The number of amides is 1. The van der Waals surface area contributed by atoms with Gasteiger partial charge in [-0.2, -0.15) is 0 Å². The predicted molar refractivity (Wildman–Crippen MR) is 91.9 cm³/mol. The van der Waals surface area contributed by atoms with Crippen molar-refractivity contribution >= 4 is 28.1 Å². The second kappa shape index (κ2) is 8.10. The fourth-order valence-electron chi connectivity index (χ4n) is 2.39. The van der Waals surface area contributed by atoms with Crippen LogP contribution in [0.25, 0.3) is 0 Å². The monoisotopic (exact) mass is 363 g/mol. The molecule has 9 nitrogen and oxygen atoms in total. The van der Waals surface area contributed by atoms with E-state index in [1.165, 1.54) is 35.6 Å². The van der Waals surface area contributed by atoms with Crippen molar-refractivity contribution in [2.45, 2.75) is 6.42 Å². The zero-order chi connectivity index (χ0) is 17.6. The van der Waals surface area contributed by atoms with Gasteiger partial charge in [-0.1, -0.05) is 11.3 Å². The first kappa shape index (κ1) is 17.4. The van der Waals surface area contributed by atoms with Crippen LogP contribution in [0.5, 0.6) is 0 Å². The van der Waals surface area contributed by atoms with Crippen LogP contribution in [0.15, 0.2) is 24.3 Å². The Balaban J connectivity index is 1.53. The Morgan fingerprint density at radius 1 is 1.28 bits per heavy atom. The number of benzene rings is 1. The molecule has 2 aromatic rings. The predicted octanol–water partition coefficient (Wildman–Crippen LogP) is 1.57. The zero-order valence-corrected chi connectivity index (χ0v) is 14.2. The molecule has 0 atom stereocenters. The lowest BCUT2D eigenvalue weighted by Crippen LogP contribution is -2.37. The fourth-order valence-corrected chi connectivity index (χ4v) is 3.11. The molecule has 0 radical (unpaired) electrons. The van der Waals surface area contributed by atoms with Crippen molar-refractivity contribution in [2.75, 3.05) is 38.2 Å². The number of nitrogens with one attached hydrogen (secondary N) is 1. The highest BCUT2D eigenvalue weighted by Gasteiger charge is 2.14. The van der Waals surface area contributed by atoms with E-state index in [4.69, 9.17) is 4.74 Å². The van der Waals surface area contributed by atoms with E-state index in [1.807, 2.05) is 0 Å². The molecule has 1 fully saturated rings. The Morgan fingerprint density at radius 3 is 2.68 bits per heavy atom. The first-order chi connectivity index (χ1) is 12.1. The number of non-ortho nitro benzene ring substituents is 1. The summed E-state index contributed by atoms with van der Waals surface area (Å²) in [7, 11) is 0. The quantitative estimate of drug-likeness (QED) is 0.612. The molecule has 10 heteroatoms. The molecule has 0 saturated carbocycles. The minimum Gasteiger partial charge on any atom is -0.379 e.